The molecule has 0 amide bonds. The molecule has 3 nitrogen and oxygen atoms in total. The number of aromatic nitrogens is 1. The van der Waals surface area contributed by atoms with Gasteiger partial charge in [-0.3, -0.25) is 4.98 Å². The molecule has 2 aromatic rings. The lowest BCUT2D eigenvalue weighted by Crippen LogP contribution is -2.25. The Hall–Kier alpha value is -1.58. The number of benzene rings is 1. The Morgan fingerprint density at radius 3 is 2.81 bits per heavy atom. The third-order valence-electron chi connectivity index (χ3n) is 3.32. The van der Waals surface area contributed by atoms with E-state index in [1.165, 1.54) is 5.56 Å². The fraction of sp³-hybridized carbons (Fsp3) is 0.353. The minimum Gasteiger partial charge on any atom is -0.497 e. The molecule has 0 aliphatic carbocycles. The van der Waals surface area contributed by atoms with Crippen LogP contribution in [-0.4, -0.2) is 18.6 Å². The quantitative estimate of drug-likeness (QED) is 0.838. The van der Waals surface area contributed by atoms with E-state index in [4.69, 9.17) is 16.3 Å². The molecule has 0 aliphatic heterocycles. The average molecular weight is 305 g/mol. The molecule has 0 spiro atoms. The summed E-state index contributed by atoms with van der Waals surface area (Å²) in [6.07, 6.45) is 3.65. The van der Waals surface area contributed by atoms with Crippen LogP contribution in [0.3, 0.4) is 0 Å². The number of hydrogen-bond donors (Lipinski definition) is 1. The molecule has 2 rings (SSSR count). The molecular formula is C17H21ClN2O. The fourth-order valence-electron chi connectivity index (χ4n) is 2.23. The van der Waals surface area contributed by atoms with Crippen molar-refractivity contribution in [3.8, 4) is 5.75 Å². The molecule has 0 fully saturated rings. The van der Waals surface area contributed by atoms with Gasteiger partial charge in [-0.2, -0.15) is 0 Å². The van der Waals surface area contributed by atoms with Crippen molar-refractivity contribution in [3.63, 3.8) is 0 Å². The van der Waals surface area contributed by atoms with Gasteiger partial charge in [0.05, 0.1) is 23.9 Å². The summed E-state index contributed by atoms with van der Waals surface area (Å²) in [7, 11) is 1.69. The maximum atomic E-state index is 5.92. The molecule has 0 bridgehead atoms. The number of pyridine rings is 1. The second kappa shape index (κ2) is 8.01. The summed E-state index contributed by atoms with van der Waals surface area (Å²) in [5.41, 5.74) is 2.23. The highest BCUT2D eigenvalue weighted by Gasteiger charge is 2.13. The Kier molecular flexibility index (Phi) is 6.03. The van der Waals surface area contributed by atoms with Gasteiger partial charge in [-0.25, -0.2) is 0 Å². The van der Waals surface area contributed by atoms with Crippen LogP contribution < -0.4 is 10.1 Å². The summed E-state index contributed by atoms with van der Waals surface area (Å²) in [4.78, 5) is 4.44. The van der Waals surface area contributed by atoms with Gasteiger partial charge >= 0.3 is 0 Å². The van der Waals surface area contributed by atoms with Crippen molar-refractivity contribution < 1.29 is 4.74 Å². The highest BCUT2D eigenvalue weighted by Crippen LogP contribution is 2.21. The lowest BCUT2D eigenvalue weighted by molar-refractivity contribution is 0.413. The number of rotatable bonds is 7. The van der Waals surface area contributed by atoms with Gasteiger partial charge in [-0.1, -0.05) is 30.7 Å². The second-order valence-corrected chi connectivity index (χ2v) is 5.40. The zero-order chi connectivity index (χ0) is 15.1. The summed E-state index contributed by atoms with van der Waals surface area (Å²) >= 11 is 5.92. The third kappa shape index (κ3) is 4.73. The minimum absolute atomic E-state index is 0.175. The highest BCUT2D eigenvalue weighted by atomic mass is 35.5. The van der Waals surface area contributed by atoms with Crippen molar-refractivity contribution in [2.75, 3.05) is 13.7 Å². The van der Waals surface area contributed by atoms with Crippen molar-refractivity contribution in [1.82, 2.24) is 10.3 Å². The van der Waals surface area contributed by atoms with Gasteiger partial charge in [-0.05, 0) is 49.2 Å². The number of nitrogens with zero attached hydrogens (tertiary/aromatic N) is 1. The van der Waals surface area contributed by atoms with E-state index in [1.807, 2.05) is 24.3 Å². The van der Waals surface area contributed by atoms with E-state index < -0.39 is 0 Å². The highest BCUT2D eigenvalue weighted by molar-refractivity contribution is 6.30. The number of halogens is 1. The second-order valence-electron chi connectivity index (χ2n) is 4.96. The molecular weight excluding hydrogens is 284 g/mol. The standard InChI is InChI=1S/C17H21ClN2O/c1-3-9-19-17(16-8-7-14(18)12-20-16)11-13-5-4-6-15(10-13)21-2/h4-8,10,12,17,19H,3,9,11H2,1-2H3. The largest absolute Gasteiger partial charge is 0.497 e. The third-order valence-corrected chi connectivity index (χ3v) is 3.55. The number of methoxy groups -OCH3 is 1. The Bertz CT molecular complexity index is 557. The van der Waals surface area contributed by atoms with E-state index in [9.17, 15) is 0 Å². The van der Waals surface area contributed by atoms with Crippen LogP contribution in [0, 0.1) is 0 Å². The molecule has 1 unspecified atom stereocenters. The molecule has 1 N–H and O–H groups in total. The van der Waals surface area contributed by atoms with Crippen LogP contribution in [0.5, 0.6) is 5.75 Å². The van der Waals surface area contributed by atoms with Crippen molar-refractivity contribution >= 4 is 11.6 Å². The molecule has 112 valence electrons. The minimum atomic E-state index is 0.175. The van der Waals surface area contributed by atoms with E-state index in [0.29, 0.717) is 5.02 Å². The Balaban J connectivity index is 2.17. The van der Waals surface area contributed by atoms with Crippen molar-refractivity contribution in [2.24, 2.45) is 0 Å². The topological polar surface area (TPSA) is 34.1 Å². The first kappa shape index (κ1) is 15.8. The normalized spacial score (nSPS) is 12.1. The summed E-state index contributed by atoms with van der Waals surface area (Å²) in [5, 5.41) is 4.21. The van der Waals surface area contributed by atoms with Crippen LogP contribution in [0.2, 0.25) is 5.02 Å². The van der Waals surface area contributed by atoms with Crippen LogP contribution in [0.25, 0.3) is 0 Å². The fourth-order valence-corrected chi connectivity index (χ4v) is 2.34. The summed E-state index contributed by atoms with van der Waals surface area (Å²) in [6.45, 7) is 3.11. The Morgan fingerprint density at radius 2 is 2.14 bits per heavy atom. The zero-order valence-corrected chi connectivity index (χ0v) is 13.2. The molecule has 4 heteroatoms. The van der Waals surface area contributed by atoms with Gasteiger partial charge in [0.1, 0.15) is 5.75 Å². The SMILES string of the molecule is CCCNC(Cc1cccc(OC)c1)c1ccc(Cl)cn1. The molecule has 0 aliphatic rings. The van der Waals surface area contributed by atoms with Gasteiger partial charge in [0.2, 0.25) is 0 Å². The maximum Gasteiger partial charge on any atom is 0.119 e. The number of hydrogen-bond acceptors (Lipinski definition) is 3. The van der Waals surface area contributed by atoms with E-state index in [2.05, 4.69) is 29.4 Å². The van der Waals surface area contributed by atoms with E-state index in [0.717, 1.165) is 30.8 Å². The van der Waals surface area contributed by atoms with Gasteiger partial charge in [-0.15, -0.1) is 0 Å². The molecule has 0 saturated carbocycles. The molecule has 1 aromatic carbocycles. The summed E-state index contributed by atoms with van der Waals surface area (Å²) in [6, 6.07) is 12.2. The lowest BCUT2D eigenvalue weighted by Gasteiger charge is -2.18. The van der Waals surface area contributed by atoms with Crippen molar-refractivity contribution in [1.29, 1.82) is 0 Å². The summed E-state index contributed by atoms with van der Waals surface area (Å²) in [5.74, 6) is 0.880. The van der Waals surface area contributed by atoms with E-state index >= 15 is 0 Å². The van der Waals surface area contributed by atoms with Gasteiger partial charge in [0.25, 0.3) is 0 Å². The first-order chi connectivity index (χ1) is 10.2. The molecule has 1 heterocycles. The molecule has 0 radical (unpaired) electrons. The van der Waals surface area contributed by atoms with Gasteiger partial charge in [0.15, 0.2) is 0 Å². The predicted octanol–water partition coefficient (Wildman–Crippen LogP) is 4.03. The van der Waals surface area contributed by atoms with Gasteiger partial charge < -0.3 is 10.1 Å². The Morgan fingerprint density at radius 1 is 1.29 bits per heavy atom. The Labute approximate surface area is 131 Å². The van der Waals surface area contributed by atoms with Crippen LogP contribution in [0.4, 0.5) is 0 Å². The molecule has 1 aromatic heterocycles. The smallest absolute Gasteiger partial charge is 0.119 e. The maximum absolute atomic E-state index is 5.92. The molecule has 1 atom stereocenters. The number of nitrogens with one attached hydrogen (secondary N) is 1. The molecule has 0 saturated heterocycles. The van der Waals surface area contributed by atoms with Crippen LogP contribution in [0.1, 0.15) is 30.6 Å². The van der Waals surface area contributed by atoms with Crippen molar-refractivity contribution in [3.05, 3.63) is 58.9 Å². The van der Waals surface area contributed by atoms with E-state index in [1.54, 1.807) is 13.3 Å². The predicted molar refractivity (Wildman–Crippen MR) is 87.0 cm³/mol. The van der Waals surface area contributed by atoms with Gasteiger partial charge in [0, 0.05) is 6.20 Å². The van der Waals surface area contributed by atoms with Crippen LogP contribution in [-0.2, 0) is 6.42 Å². The number of ether oxygens (including phenoxy) is 1. The van der Waals surface area contributed by atoms with E-state index in [-0.39, 0.29) is 6.04 Å². The monoisotopic (exact) mass is 304 g/mol. The zero-order valence-electron chi connectivity index (χ0n) is 12.5. The lowest BCUT2D eigenvalue weighted by atomic mass is 10.0. The first-order valence-electron chi connectivity index (χ1n) is 7.20. The average Bonchev–Trinajstić information content (AvgIpc) is 2.52. The molecule has 21 heavy (non-hydrogen) atoms. The van der Waals surface area contributed by atoms with Crippen LogP contribution >= 0.6 is 11.6 Å². The van der Waals surface area contributed by atoms with Crippen LogP contribution in [0.15, 0.2) is 42.6 Å². The van der Waals surface area contributed by atoms with Crippen molar-refractivity contribution in [2.45, 2.75) is 25.8 Å². The first-order valence-corrected chi connectivity index (χ1v) is 7.58. The summed E-state index contributed by atoms with van der Waals surface area (Å²) < 4.78 is 5.29.